The predicted octanol–water partition coefficient (Wildman–Crippen LogP) is 3.50. The van der Waals surface area contributed by atoms with Crippen molar-refractivity contribution in [2.24, 2.45) is 0 Å². The van der Waals surface area contributed by atoms with Gasteiger partial charge in [-0.05, 0) is 30.3 Å². The van der Waals surface area contributed by atoms with E-state index >= 15 is 0 Å². The van der Waals surface area contributed by atoms with Crippen molar-refractivity contribution in [1.29, 1.82) is 0 Å². The van der Waals surface area contributed by atoms with Gasteiger partial charge in [0.05, 0.1) is 34.2 Å². The maximum absolute atomic E-state index is 12.2. The Hall–Kier alpha value is -3.40. The van der Waals surface area contributed by atoms with Gasteiger partial charge in [0.25, 0.3) is 5.22 Å². The molecule has 1 N–H and O–H groups in total. The minimum atomic E-state index is -0.224. The lowest BCUT2D eigenvalue weighted by Gasteiger charge is -2.10. The Balaban J connectivity index is 1.61. The van der Waals surface area contributed by atoms with Crippen molar-refractivity contribution in [3.8, 4) is 34.5 Å². The number of hydrogen-bond donors (Lipinski definition) is 1. The molecule has 2 aromatic carbocycles. The highest BCUT2D eigenvalue weighted by molar-refractivity contribution is 7.99. The molecule has 3 rings (SSSR count). The minimum absolute atomic E-state index is 0.0991. The van der Waals surface area contributed by atoms with E-state index in [1.54, 1.807) is 57.7 Å². The van der Waals surface area contributed by atoms with Crippen molar-refractivity contribution in [3.63, 3.8) is 0 Å². The summed E-state index contributed by atoms with van der Waals surface area (Å²) in [6.45, 7) is 0. The molecule has 0 aliphatic rings. The number of amides is 1. The zero-order valence-electron chi connectivity index (χ0n) is 16.9. The molecule has 0 spiro atoms. The Kier molecular flexibility index (Phi) is 7.02. The standard InChI is InChI=1S/C20H21N3O6S/c1-25-14-7-5-12(9-16(14)27-3)19-22-23-20(29-19)30-11-18(24)21-13-6-8-15(26-2)17(10-13)28-4/h5-10H,11H2,1-4H3,(H,21,24). The van der Waals surface area contributed by atoms with E-state index in [2.05, 4.69) is 15.5 Å². The summed E-state index contributed by atoms with van der Waals surface area (Å²) >= 11 is 1.13. The maximum atomic E-state index is 12.2. The van der Waals surface area contributed by atoms with Crippen molar-refractivity contribution in [2.45, 2.75) is 5.22 Å². The number of methoxy groups -OCH3 is 4. The number of aromatic nitrogens is 2. The monoisotopic (exact) mass is 431 g/mol. The van der Waals surface area contributed by atoms with Crippen LogP contribution in [0.4, 0.5) is 5.69 Å². The number of thioether (sulfide) groups is 1. The summed E-state index contributed by atoms with van der Waals surface area (Å²) in [5.41, 5.74) is 1.27. The van der Waals surface area contributed by atoms with Crippen molar-refractivity contribution in [2.75, 3.05) is 39.5 Å². The third-order valence-corrected chi connectivity index (χ3v) is 4.85. The topological polar surface area (TPSA) is 105 Å². The van der Waals surface area contributed by atoms with Gasteiger partial charge in [0.15, 0.2) is 23.0 Å². The summed E-state index contributed by atoms with van der Waals surface area (Å²) < 4.78 is 26.6. The number of carbonyl (C=O) groups is 1. The van der Waals surface area contributed by atoms with Crippen LogP contribution in [0, 0.1) is 0 Å². The summed E-state index contributed by atoms with van der Waals surface area (Å²) in [7, 11) is 6.19. The van der Waals surface area contributed by atoms with E-state index < -0.39 is 0 Å². The van der Waals surface area contributed by atoms with Gasteiger partial charge in [-0.3, -0.25) is 4.79 Å². The van der Waals surface area contributed by atoms with Crippen molar-refractivity contribution < 1.29 is 28.2 Å². The van der Waals surface area contributed by atoms with Crippen LogP contribution in [0.1, 0.15) is 0 Å². The molecule has 0 radical (unpaired) electrons. The summed E-state index contributed by atoms with van der Waals surface area (Å²) in [5.74, 6) is 2.45. The summed E-state index contributed by atoms with van der Waals surface area (Å²) in [5, 5.41) is 11.1. The smallest absolute Gasteiger partial charge is 0.277 e. The molecule has 1 amide bonds. The van der Waals surface area contributed by atoms with Crippen LogP contribution < -0.4 is 24.3 Å². The quantitative estimate of drug-likeness (QED) is 0.510. The van der Waals surface area contributed by atoms with E-state index in [1.165, 1.54) is 7.11 Å². The third kappa shape index (κ3) is 4.95. The van der Waals surface area contributed by atoms with Crippen molar-refractivity contribution in [1.82, 2.24) is 10.2 Å². The highest BCUT2D eigenvalue weighted by atomic mass is 32.2. The number of carbonyl (C=O) groups excluding carboxylic acids is 1. The number of nitrogens with zero attached hydrogens (tertiary/aromatic N) is 2. The predicted molar refractivity (Wildman–Crippen MR) is 112 cm³/mol. The van der Waals surface area contributed by atoms with Crippen molar-refractivity contribution in [3.05, 3.63) is 36.4 Å². The largest absolute Gasteiger partial charge is 0.493 e. The maximum Gasteiger partial charge on any atom is 0.277 e. The van der Waals surface area contributed by atoms with Gasteiger partial charge in [0.1, 0.15) is 0 Å². The zero-order valence-corrected chi connectivity index (χ0v) is 17.7. The molecule has 9 nitrogen and oxygen atoms in total. The highest BCUT2D eigenvalue weighted by Gasteiger charge is 2.14. The molecule has 0 atom stereocenters. The molecular formula is C20H21N3O6S. The van der Waals surface area contributed by atoms with Crippen LogP contribution >= 0.6 is 11.8 Å². The Labute approximate surface area is 177 Å². The Bertz CT molecular complexity index is 1020. The fourth-order valence-corrected chi connectivity index (χ4v) is 3.16. The van der Waals surface area contributed by atoms with E-state index in [1.807, 2.05) is 0 Å². The van der Waals surface area contributed by atoms with Crippen LogP contribution in [0.2, 0.25) is 0 Å². The lowest BCUT2D eigenvalue weighted by Crippen LogP contribution is -2.14. The average molecular weight is 431 g/mol. The van der Waals surface area contributed by atoms with E-state index in [9.17, 15) is 4.79 Å². The first-order valence-electron chi connectivity index (χ1n) is 8.78. The summed E-state index contributed by atoms with van der Waals surface area (Å²) in [6.07, 6.45) is 0. The van der Waals surface area contributed by atoms with Crippen LogP contribution in [0.15, 0.2) is 46.0 Å². The lowest BCUT2D eigenvalue weighted by atomic mass is 10.2. The highest BCUT2D eigenvalue weighted by Crippen LogP contribution is 2.33. The average Bonchev–Trinajstić information content (AvgIpc) is 3.26. The van der Waals surface area contributed by atoms with Crippen LogP contribution in [0.3, 0.4) is 0 Å². The van der Waals surface area contributed by atoms with Crippen molar-refractivity contribution >= 4 is 23.4 Å². The minimum Gasteiger partial charge on any atom is -0.493 e. The fourth-order valence-electron chi connectivity index (χ4n) is 2.59. The van der Waals surface area contributed by atoms with Gasteiger partial charge in [-0.2, -0.15) is 0 Å². The SMILES string of the molecule is COc1ccc(NC(=O)CSc2nnc(-c3ccc(OC)c(OC)c3)o2)cc1OC. The molecule has 1 aromatic heterocycles. The van der Waals surface area contributed by atoms with E-state index in [-0.39, 0.29) is 16.9 Å². The first-order valence-corrected chi connectivity index (χ1v) is 9.77. The van der Waals surface area contributed by atoms with Crippen LogP contribution in [-0.4, -0.2) is 50.3 Å². The van der Waals surface area contributed by atoms with Crippen LogP contribution in [0.5, 0.6) is 23.0 Å². The van der Waals surface area contributed by atoms with Crippen LogP contribution in [0.25, 0.3) is 11.5 Å². The summed E-state index contributed by atoms with van der Waals surface area (Å²) in [6, 6.07) is 10.4. The Morgan fingerprint density at radius 3 is 2.20 bits per heavy atom. The van der Waals surface area contributed by atoms with Crippen LogP contribution in [-0.2, 0) is 4.79 Å². The summed E-state index contributed by atoms with van der Waals surface area (Å²) in [4.78, 5) is 12.2. The Morgan fingerprint density at radius 1 is 0.900 bits per heavy atom. The third-order valence-electron chi connectivity index (χ3n) is 4.03. The molecular weight excluding hydrogens is 410 g/mol. The number of hydrogen-bond acceptors (Lipinski definition) is 9. The molecule has 0 bridgehead atoms. The van der Waals surface area contributed by atoms with E-state index in [4.69, 9.17) is 23.4 Å². The first kappa shape index (κ1) is 21.3. The van der Waals surface area contributed by atoms with Gasteiger partial charge in [-0.15, -0.1) is 10.2 Å². The van der Waals surface area contributed by atoms with Gasteiger partial charge in [0.2, 0.25) is 11.8 Å². The molecule has 1 heterocycles. The number of benzene rings is 2. The second-order valence-electron chi connectivity index (χ2n) is 5.85. The molecule has 0 fully saturated rings. The molecule has 158 valence electrons. The van der Waals surface area contributed by atoms with Gasteiger partial charge in [-0.25, -0.2) is 0 Å². The molecule has 10 heteroatoms. The van der Waals surface area contributed by atoms with Gasteiger partial charge >= 0.3 is 0 Å². The van der Waals surface area contributed by atoms with Gasteiger partial charge in [-0.1, -0.05) is 11.8 Å². The molecule has 0 aliphatic carbocycles. The van der Waals surface area contributed by atoms with Gasteiger partial charge in [0, 0.05) is 17.3 Å². The molecule has 0 unspecified atom stereocenters. The molecule has 0 saturated carbocycles. The van der Waals surface area contributed by atoms with E-state index in [0.717, 1.165) is 11.8 Å². The van der Waals surface area contributed by atoms with Gasteiger partial charge < -0.3 is 28.7 Å². The second-order valence-corrected chi connectivity index (χ2v) is 6.78. The molecule has 3 aromatic rings. The number of anilines is 1. The lowest BCUT2D eigenvalue weighted by molar-refractivity contribution is -0.113. The Morgan fingerprint density at radius 2 is 1.53 bits per heavy atom. The first-order chi connectivity index (χ1) is 14.6. The molecule has 0 aliphatic heterocycles. The zero-order chi connectivity index (χ0) is 21.5. The number of rotatable bonds is 9. The second kappa shape index (κ2) is 9.88. The molecule has 30 heavy (non-hydrogen) atoms. The molecule has 0 saturated heterocycles. The normalized spacial score (nSPS) is 10.4. The van der Waals surface area contributed by atoms with E-state index in [0.29, 0.717) is 40.1 Å². The fraction of sp³-hybridized carbons (Fsp3) is 0.250. The number of ether oxygens (including phenoxy) is 4. The number of nitrogens with one attached hydrogen (secondary N) is 1.